The van der Waals surface area contributed by atoms with Gasteiger partial charge in [-0.1, -0.05) is 54.6 Å². The van der Waals surface area contributed by atoms with Crippen LogP contribution < -0.4 is 5.32 Å². The molecule has 1 N–H and O–H groups in total. The van der Waals surface area contributed by atoms with Gasteiger partial charge < -0.3 is 5.32 Å². The molecule has 0 unspecified atom stereocenters. The van der Waals surface area contributed by atoms with Crippen molar-refractivity contribution in [3.63, 3.8) is 0 Å². The van der Waals surface area contributed by atoms with Gasteiger partial charge in [0.2, 0.25) is 0 Å². The molecule has 0 saturated heterocycles. The Kier molecular flexibility index (Phi) is 3.92. The van der Waals surface area contributed by atoms with Gasteiger partial charge in [-0.05, 0) is 24.1 Å². The van der Waals surface area contributed by atoms with Crippen LogP contribution >= 0.6 is 0 Å². The number of carbonyl (C=O) groups excluding carboxylic acids is 1. The summed E-state index contributed by atoms with van der Waals surface area (Å²) < 4.78 is 0. The van der Waals surface area contributed by atoms with E-state index in [1.807, 2.05) is 67.6 Å². The van der Waals surface area contributed by atoms with Crippen LogP contribution in [0.15, 0.2) is 70.4 Å². The summed E-state index contributed by atoms with van der Waals surface area (Å²) in [6.07, 6.45) is 3.65. The Morgan fingerprint density at radius 3 is 2.59 bits per heavy atom. The van der Waals surface area contributed by atoms with E-state index in [0.717, 1.165) is 22.4 Å². The van der Waals surface area contributed by atoms with Gasteiger partial charge in [0.15, 0.2) is 5.71 Å². The number of carbonyl (C=O) groups is 1. The van der Waals surface area contributed by atoms with Crippen molar-refractivity contribution in [3.05, 3.63) is 71.3 Å². The fourth-order valence-electron chi connectivity index (χ4n) is 2.23. The number of hydrogen-bond donors (Lipinski definition) is 1. The van der Waals surface area contributed by atoms with Crippen LogP contribution in [0.5, 0.6) is 0 Å². The van der Waals surface area contributed by atoms with Gasteiger partial charge in [-0.15, -0.1) is 5.10 Å². The average molecular weight is 289 g/mol. The molecule has 4 heteroatoms. The second-order valence-electron chi connectivity index (χ2n) is 4.99. The largest absolute Gasteiger partial charge is 0.320 e. The van der Waals surface area contributed by atoms with Gasteiger partial charge in [0.25, 0.3) is 5.91 Å². The van der Waals surface area contributed by atoms with Crippen LogP contribution in [-0.4, -0.2) is 17.8 Å². The zero-order valence-electron chi connectivity index (χ0n) is 12.2. The van der Waals surface area contributed by atoms with E-state index in [4.69, 9.17) is 0 Å². The van der Waals surface area contributed by atoms with Crippen LogP contribution in [-0.2, 0) is 4.79 Å². The van der Waals surface area contributed by atoms with Crippen molar-refractivity contribution < 1.29 is 4.79 Å². The zero-order chi connectivity index (χ0) is 15.4. The Labute approximate surface area is 128 Å². The molecule has 1 amide bonds. The molecule has 0 aromatic heterocycles. The molecule has 0 fully saturated rings. The quantitative estimate of drug-likeness (QED) is 0.682. The van der Waals surface area contributed by atoms with Crippen LogP contribution in [0.2, 0.25) is 0 Å². The Bertz CT molecular complexity index is 789. The molecule has 0 aliphatic carbocycles. The highest BCUT2D eigenvalue weighted by atomic mass is 16.2. The Balaban J connectivity index is 1.79. The van der Waals surface area contributed by atoms with Gasteiger partial charge in [-0.3, -0.25) is 4.79 Å². The van der Waals surface area contributed by atoms with Crippen molar-refractivity contribution >= 4 is 29.6 Å². The summed E-state index contributed by atoms with van der Waals surface area (Å²) in [6, 6.07) is 17.4. The number of nitrogens with one attached hydrogen (secondary N) is 1. The molecule has 3 rings (SSSR count). The Morgan fingerprint density at radius 1 is 1.05 bits per heavy atom. The number of anilines is 1. The molecule has 1 heterocycles. The molecule has 108 valence electrons. The van der Waals surface area contributed by atoms with Gasteiger partial charge in [0, 0.05) is 5.56 Å². The Hall–Kier alpha value is -3.01. The number of amides is 1. The lowest BCUT2D eigenvalue weighted by atomic mass is 10.1. The number of rotatable bonds is 3. The van der Waals surface area contributed by atoms with Crippen molar-refractivity contribution in [3.8, 4) is 0 Å². The lowest BCUT2D eigenvalue weighted by Crippen LogP contribution is -2.13. The maximum Gasteiger partial charge on any atom is 0.276 e. The Morgan fingerprint density at radius 2 is 1.77 bits per heavy atom. The maximum absolute atomic E-state index is 11.9. The first-order valence-corrected chi connectivity index (χ1v) is 6.99. The van der Waals surface area contributed by atoms with Gasteiger partial charge in [-0.25, -0.2) is 0 Å². The van der Waals surface area contributed by atoms with E-state index >= 15 is 0 Å². The summed E-state index contributed by atoms with van der Waals surface area (Å²) >= 11 is 0. The molecule has 1 aliphatic heterocycles. The van der Waals surface area contributed by atoms with E-state index in [9.17, 15) is 4.79 Å². The third kappa shape index (κ3) is 3.01. The highest BCUT2D eigenvalue weighted by Gasteiger charge is 2.25. The molecule has 0 spiro atoms. The molecule has 0 saturated carbocycles. The number of allylic oxidation sites excluding steroid dienone is 1. The second-order valence-corrected chi connectivity index (χ2v) is 4.99. The van der Waals surface area contributed by atoms with E-state index in [1.165, 1.54) is 0 Å². The molecule has 0 radical (unpaired) electrons. The minimum Gasteiger partial charge on any atom is -0.320 e. The number of nitrogens with zero attached hydrogens (tertiary/aromatic N) is 2. The third-order valence-electron chi connectivity index (χ3n) is 3.26. The monoisotopic (exact) mass is 289 g/mol. The number of hydrogen-bond acceptors (Lipinski definition) is 3. The topological polar surface area (TPSA) is 53.8 Å². The number of para-hydroxylation sites is 1. The van der Waals surface area contributed by atoms with E-state index in [0.29, 0.717) is 5.71 Å². The van der Waals surface area contributed by atoms with Crippen molar-refractivity contribution in [2.24, 2.45) is 10.2 Å². The summed E-state index contributed by atoms with van der Waals surface area (Å²) in [7, 11) is 0. The maximum atomic E-state index is 11.9. The molecule has 2 aromatic carbocycles. The average Bonchev–Trinajstić information content (AvgIpc) is 2.84. The molecule has 0 bridgehead atoms. The van der Waals surface area contributed by atoms with Crippen LogP contribution in [0.4, 0.5) is 5.69 Å². The van der Waals surface area contributed by atoms with Crippen LogP contribution in [0, 0.1) is 0 Å². The zero-order valence-corrected chi connectivity index (χ0v) is 12.2. The SMILES string of the molecule is CC(C=N/N=C1\C(=O)Nc2ccccc21)=Cc1ccccc1. The minimum absolute atomic E-state index is 0.219. The van der Waals surface area contributed by atoms with E-state index < -0.39 is 0 Å². The van der Waals surface area contributed by atoms with Crippen molar-refractivity contribution in [1.82, 2.24) is 0 Å². The molecule has 0 atom stereocenters. The lowest BCUT2D eigenvalue weighted by Gasteiger charge is -1.94. The molecule has 4 nitrogen and oxygen atoms in total. The van der Waals surface area contributed by atoms with Crippen molar-refractivity contribution in [2.45, 2.75) is 6.92 Å². The number of benzene rings is 2. The first-order valence-electron chi connectivity index (χ1n) is 6.99. The lowest BCUT2D eigenvalue weighted by molar-refractivity contribution is -0.110. The van der Waals surface area contributed by atoms with E-state index in [-0.39, 0.29) is 5.91 Å². The van der Waals surface area contributed by atoms with Crippen LogP contribution in [0.3, 0.4) is 0 Å². The van der Waals surface area contributed by atoms with E-state index in [1.54, 1.807) is 6.21 Å². The van der Waals surface area contributed by atoms with Crippen molar-refractivity contribution in [1.29, 1.82) is 0 Å². The minimum atomic E-state index is -0.219. The fraction of sp³-hybridized carbons (Fsp3) is 0.0556. The summed E-state index contributed by atoms with van der Waals surface area (Å²) in [6.45, 7) is 1.94. The summed E-state index contributed by atoms with van der Waals surface area (Å²) in [5.74, 6) is -0.219. The van der Waals surface area contributed by atoms with Gasteiger partial charge in [0.05, 0.1) is 11.9 Å². The first kappa shape index (κ1) is 13.9. The summed E-state index contributed by atoms with van der Waals surface area (Å²) in [5.41, 5.74) is 3.97. The fourth-order valence-corrected chi connectivity index (χ4v) is 2.23. The highest BCUT2D eigenvalue weighted by Crippen LogP contribution is 2.22. The van der Waals surface area contributed by atoms with E-state index in [2.05, 4.69) is 15.5 Å². The normalized spacial score (nSPS) is 16.1. The molecular formula is C18H15N3O. The molecule has 2 aromatic rings. The molecule has 1 aliphatic rings. The third-order valence-corrected chi connectivity index (χ3v) is 3.26. The predicted octanol–water partition coefficient (Wildman–Crippen LogP) is 3.52. The second kappa shape index (κ2) is 6.18. The summed E-state index contributed by atoms with van der Waals surface area (Å²) in [5, 5.41) is 10.9. The van der Waals surface area contributed by atoms with Crippen LogP contribution in [0.25, 0.3) is 6.08 Å². The van der Waals surface area contributed by atoms with Gasteiger partial charge in [-0.2, -0.15) is 5.10 Å². The standard InChI is InChI=1S/C18H15N3O/c1-13(11-14-7-3-2-4-8-14)12-19-21-17-15-9-5-6-10-16(15)20-18(17)22/h2-12H,1H3,(H,20,21,22). The molecule has 22 heavy (non-hydrogen) atoms. The number of fused-ring (bicyclic) bond motifs is 1. The van der Waals surface area contributed by atoms with Gasteiger partial charge >= 0.3 is 0 Å². The predicted molar refractivity (Wildman–Crippen MR) is 90.2 cm³/mol. The smallest absolute Gasteiger partial charge is 0.276 e. The highest BCUT2D eigenvalue weighted by molar-refractivity contribution is 6.53. The van der Waals surface area contributed by atoms with Gasteiger partial charge in [0.1, 0.15) is 0 Å². The van der Waals surface area contributed by atoms with Crippen LogP contribution in [0.1, 0.15) is 18.1 Å². The van der Waals surface area contributed by atoms with Crippen molar-refractivity contribution in [2.75, 3.05) is 5.32 Å². The summed E-state index contributed by atoms with van der Waals surface area (Å²) in [4.78, 5) is 11.9. The molecular weight excluding hydrogens is 274 g/mol. The first-order chi connectivity index (χ1) is 10.7.